The maximum absolute atomic E-state index is 14.3. The zero-order valence-electron chi connectivity index (χ0n) is 24.5. The fourth-order valence-electron chi connectivity index (χ4n) is 6.41. The second kappa shape index (κ2) is 13.6. The van der Waals surface area contributed by atoms with E-state index in [-0.39, 0.29) is 55.5 Å². The number of hydrogen-bond acceptors (Lipinski definition) is 5. The van der Waals surface area contributed by atoms with Crippen LogP contribution in [-0.4, -0.2) is 66.3 Å². The van der Waals surface area contributed by atoms with Crippen LogP contribution < -0.4 is 21.3 Å². The molecule has 2 fully saturated rings. The molecular weight excluding hydrogens is 506 g/mol. The van der Waals surface area contributed by atoms with Crippen molar-refractivity contribution in [2.45, 2.75) is 109 Å². The highest BCUT2D eigenvalue weighted by Crippen LogP contribution is 2.32. The highest BCUT2D eigenvalue weighted by atomic mass is 16.2. The SMILES string of the molecule is CN[C@@H](C)C(=O)N[C@H](C(=O)N1C[C@@H](NC(=O)C(C)C)C[C@H]1C(=O)N[C@@H]1CCCc2ccccc21)C1CCCCC1.[HH]. The van der Waals surface area contributed by atoms with Gasteiger partial charge in [0.2, 0.25) is 23.6 Å². The first-order valence-corrected chi connectivity index (χ1v) is 15.2. The van der Waals surface area contributed by atoms with Crippen LogP contribution >= 0.6 is 0 Å². The van der Waals surface area contributed by atoms with Gasteiger partial charge in [-0.2, -0.15) is 0 Å². The van der Waals surface area contributed by atoms with Gasteiger partial charge >= 0.3 is 0 Å². The summed E-state index contributed by atoms with van der Waals surface area (Å²) >= 11 is 0. The lowest BCUT2D eigenvalue weighted by atomic mass is 9.83. The standard InChI is InChI=1S/C31H47N5O4.H2/c1-19(2)28(37)33-23-17-26(30(39)34-25-16-10-14-21-11-8-9-15-24(21)25)36(18-23)31(40)27(22-12-6-5-7-13-22)35-29(38)20(3)32-4;/h8-9,11,15,19-20,22-23,25-27,32H,5-7,10,12-14,16-18H2,1-4H3,(H,33,37)(H,34,39)(H,35,38);1H/t20-,23-,25+,26-,27-;/m0./s1. The Kier molecular flexibility index (Phi) is 10.2. The lowest BCUT2D eigenvalue weighted by molar-refractivity contribution is -0.143. The van der Waals surface area contributed by atoms with E-state index < -0.39 is 18.1 Å². The van der Waals surface area contributed by atoms with Crippen LogP contribution in [0.1, 0.15) is 90.7 Å². The Bertz CT molecular complexity index is 1080. The molecule has 4 amide bonds. The van der Waals surface area contributed by atoms with Crippen molar-refractivity contribution in [2.24, 2.45) is 11.8 Å². The summed E-state index contributed by atoms with van der Waals surface area (Å²) < 4.78 is 0. The summed E-state index contributed by atoms with van der Waals surface area (Å²) in [5.74, 6) is -0.932. The van der Waals surface area contributed by atoms with Crippen LogP contribution in [0.5, 0.6) is 0 Å². The molecule has 1 aliphatic heterocycles. The molecule has 0 unspecified atom stereocenters. The van der Waals surface area contributed by atoms with Gasteiger partial charge in [-0.15, -0.1) is 0 Å². The molecule has 222 valence electrons. The molecule has 1 aromatic carbocycles. The summed E-state index contributed by atoms with van der Waals surface area (Å²) in [6.07, 6.45) is 8.06. The van der Waals surface area contributed by atoms with Gasteiger partial charge in [-0.3, -0.25) is 19.2 Å². The van der Waals surface area contributed by atoms with Crippen LogP contribution in [-0.2, 0) is 25.6 Å². The van der Waals surface area contributed by atoms with Gasteiger partial charge in [0.15, 0.2) is 0 Å². The molecule has 5 atom stereocenters. The highest BCUT2D eigenvalue weighted by Gasteiger charge is 2.45. The minimum Gasteiger partial charge on any atom is -0.351 e. The monoisotopic (exact) mass is 555 g/mol. The topological polar surface area (TPSA) is 120 Å². The van der Waals surface area contributed by atoms with Crippen molar-refractivity contribution >= 4 is 23.6 Å². The predicted molar refractivity (Wildman–Crippen MR) is 156 cm³/mol. The van der Waals surface area contributed by atoms with E-state index in [1.165, 1.54) is 5.56 Å². The third-order valence-corrected chi connectivity index (χ3v) is 8.95. The van der Waals surface area contributed by atoms with E-state index in [0.717, 1.165) is 56.9 Å². The first kappa shape index (κ1) is 30.0. The molecule has 1 heterocycles. The van der Waals surface area contributed by atoms with Crippen LogP contribution in [0.15, 0.2) is 24.3 Å². The fraction of sp³-hybridized carbons (Fsp3) is 0.677. The van der Waals surface area contributed by atoms with E-state index in [1.54, 1.807) is 18.9 Å². The number of benzene rings is 1. The Hall–Kier alpha value is -2.94. The number of rotatable bonds is 9. The lowest BCUT2D eigenvalue weighted by Gasteiger charge is -2.35. The third kappa shape index (κ3) is 7.03. The molecule has 9 nitrogen and oxygen atoms in total. The Morgan fingerprint density at radius 2 is 1.65 bits per heavy atom. The van der Waals surface area contributed by atoms with Gasteiger partial charge in [-0.1, -0.05) is 57.4 Å². The number of nitrogens with one attached hydrogen (secondary N) is 4. The zero-order valence-corrected chi connectivity index (χ0v) is 24.5. The summed E-state index contributed by atoms with van der Waals surface area (Å²) in [5.41, 5.74) is 2.38. The van der Waals surface area contributed by atoms with Crippen LogP contribution in [0.2, 0.25) is 0 Å². The molecule has 2 aliphatic carbocycles. The Balaban J connectivity index is 0.00000462. The van der Waals surface area contributed by atoms with Crippen molar-refractivity contribution < 1.29 is 20.6 Å². The third-order valence-electron chi connectivity index (χ3n) is 8.95. The van der Waals surface area contributed by atoms with E-state index in [2.05, 4.69) is 33.4 Å². The number of carbonyl (C=O) groups excluding carboxylic acids is 4. The van der Waals surface area contributed by atoms with E-state index in [1.807, 2.05) is 26.0 Å². The Morgan fingerprint density at radius 3 is 2.35 bits per heavy atom. The number of nitrogens with zero attached hydrogens (tertiary/aromatic N) is 1. The van der Waals surface area contributed by atoms with Crippen molar-refractivity contribution in [2.75, 3.05) is 13.6 Å². The molecule has 9 heteroatoms. The van der Waals surface area contributed by atoms with Crippen LogP contribution in [0.4, 0.5) is 0 Å². The van der Waals surface area contributed by atoms with Crippen molar-refractivity contribution in [1.29, 1.82) is 0 Å². The number of hydrogen-bond donors (Lipinski definition) is 4. The molecule has 4 N–H and O–H groups in total. The van der Waals surface area contributed by atoms with E-state index in [0.29, 0.717) is 6.42 Å². The first-order chi connectivity index (χ1) is 19.2. The lowest BCUT2D eigenvalue weighted by Crippen LogP contribution is -2.58. The number of aryl methyl sites for hydroxylation is 1. The predicted octanol–water partition coefficient (Wildman–Crippen LogP) is 2.84. The molecule has 1 aromatic rings. The molecule has 40 heavy (non-hydrogen) atoms. The second-order valence-corrected chi connectivity index (χ2v) is 12.1. The largest absolute Gasteiger partial charge is 0.351 e. The first-order valence-electron chi connectivity index (χ1n) is 15.2. The molecule has 4 rings (SSSR count). The Morgan fingerprint density at radius 1 is 0.925 bits per heavy atom. The molecule has 0 spiro atoms. The number of fused-ring (bicyclic) bond motifs is 1. The van der Waals surface area contributed by atoms with Gasteiger partial charge in [0.05, 0.1) is 12.1 Å². The van der Waals surface area contributed by atoms with E-state index >= 15 is 0 Å². The summed E-state index contributed by atoms with van der Waals surface area (Å²) in [6, 6.07) is 5.91. The van der Waals surface area contributed by atoms with Crippen LogP contribution in [0.3, 0.4) is 0 Å². The van der Waals surface area contributed by atoms with Gasteiger partial charge < -0.3 is 26.2 Å². The normalized spacial score (nSPS) is 24.6. The van der Waals surface area contributed by atoms with Crippen molar-refractivity contribution in [1.82, 2.24) is 26.2 Å². The average Bonchev–Trinajstić information content (AvgIpc) is 3.39. The van der Waals surface area contributed by atoms with Crippen LogP contribution in [0.25, 0.3) is 0 Å². The Labute approximate surface area is 240 Å². The summed E-state index contributed by atoms with van der Waals surface area (Å²) in [4.78, 5) is 55.3. The van der Waals surface area contributed by atoms with Crippen LogP contribution in [0, 0.1) is 11.8 Å². The van der Waals surface area contributed by atoms with Gasteiger partial charge in [0.25, 0.3) is 0 Å². The summed E-state index contributed by atoms with van der Waals surface area (Å²) in [5, 5.41) is 12.3. The molecule has 1 saturated heterocycles. The number of amides is 4. The van der Waals surface area contributed by atoms with E-state index in [4.69, 9.17) is 0 Å². The van der Waals surface area contributed by atoms with Gasteiger partial charge in [-0.05, 0) is 69.5 Å². The van der Waals surface area contributed by atoms with Crippen molar-refractivity contribution in [3.8, 4) is 0 Å². The van der Waals surface area contributed by atoms with Crippen molar-refractivity contribution in [3.63, 3.8) is 0 Å². The second-order valence-electron chi connectivity index (χ2n) is 12.1. The van der Waals surface area contributed by atoms with Crippen molar-refractivity contribution in [3.05, 3.63) is 35.4 Å². The summed E-state index contributed by atoms with van der Waals surface area (Å²) in [7, 11) is 1.72. The minimum atomic E-state index is -0.719. The maximum Gasteiger partial charge on any atom is 0.246 e. The maximum atomic E-state index is 14.3. The number of likely N-dealkylation sites (N-methyl/N-ethyl adjacent to an activating group) is 1. The smallest absolute Gasteiger partial charge is 0.246 e. The number of carbonyl (C=O) groups is 4. The molecule has 0 aromatic heterocycles. The highest BCUT2D eigenvalue weighted by molar-refractivity contribution is 5.94. The molecular formula is C31H49N5O4. The zero-order chi connectivity index (χ0) is 28.8. The average molecular weight is 556 g/mol. The molecule has 1 saturated carbocycles. The number of likely N-dealkylation sites (tertiary alicyclic amines) is 1. The van der Waals surface area contributed by atoms with E-state index in [9.17, 15) is 19.2 Å². The fourth-order valence-corrected chi connectivity index (χ4v) is 6.41. The molecule has 0 radical (unpaired) electrons. The van der Waals surface area contributed by atoms with Gasteiger partial charge in [-0.25, -0.2) is 0 Å². The minimum absolute atomic E-state index is 0. The van der Waals surface area contributed by atoms with Gasteiger partial charge in [0.1, 0.15) is 12.1 Å². The summed E-state index contributed by atoms with van der Waals surface area (Å²) in [6.45, 7) is 5.67. The van der Waals surface area contributed by atoms with Gasteiger partial charge in [0, 0.05) is 19.9 Å². The molecule has 0 bridgehead atoms. The quantitative estimate of drug-likeness (QED) is 0.374. The molecule has 3 aliphatic rings.